The third-order valence-electron chi connectivity index (χ3n) is 7.30. The number of halogens is 1. The lowest BCUT2D eigenvalue weighted by atomic mass is 9.52. The van der Waals surface area contributed by atoms with Gasteiger partial charge < -0.3 is 14.6 Å². The first-order valence-corrected chi connectivity index (χ1v) is 12.2. The van der Waals surface area contributed by atoms with Gasteiger partial charge in [0.05, 0.1) is 12.0 Å². The summed E-state index contributed by atoms with van der Waals surface area (Å²) in [5, 5.41) is 9.72. The Bertz CT molecular complexity index is 1010. The van der Waals surface area contributed by atoms with Crippen LogP contribution in [0, 0.1) is 11.3 Å². The van der Waals surface area contributed by atoms with Crippen molar-refractivity contribution in [2.75, 3.05) is 7.11 Å². The largest absolute Gasteiger partial charge is 0.489 e. The number of rotatable bonds is 6. The fraction of sp³-hybridized carbons (Fsp3) is 0.519. The van der Waals surface area contributed by atoms with Gasteiger partial charge in [0.25, 0.3) is 0 Å². The van der Waals surface area contributed by atoms with Crippen LogP contribution < -0.4 is 4.74 Å². The average Bonchev–Trinajstić information content (AvgIpc) is 2.71. The molecule has 0 heterocycles. The highest BCUT2D eigenvalue weighted by Crippen LogP contribution is 2.55. The zero-order valence-corrected chi connectivity index (χ0v) is 21.0. The molecule has 4 nitrogen and oxygen atoms in total. The van der Waals surface area contributed by atoms with Crippen LogP contribution in [0.25, 0.3) is 0 Å². The van der Waals surface area contributed by atoms with E-state index in [9.17, 15) is 9.90 Å². The molecule has 3 atom stereocenters. The van der Waals surface area contributed by atoms with Crippen molar-refractivity contribution in [1.82, 2.24) is 0 Å². The lowest BCUT2D eigenvalue weighted by Gasteiger charge is -2.51. The summed E-state index contributed by atoms with van der Waals surface area (Å²) in [7, 11) is 1.75. The Labute approximate surface area is 199 Å². The molecule has 0 unspecified atom stereocenters. The molecule has 1 fully saturated rings. The van der Waals surface area contributed by atoms with E-state index in [2.05, 4.69) is 67.0 Å². The number of carboxylic acids is 1. The predicted molar refractivity (Wildman–Crippen MR) is 129 cm³/mol. The number of carbonyl (C=O) groups is 1. The lowest BCUT2D eigenvalue weighted by Crippen LogP contribution is -2.50. The van der Waals surface area contributed by atoms with Gasteiger partial charge in [-0.2, -0.15) is 0 Å². The molecule has 0 bridgehead atoms. The van der Waals surface area contributed by atoms with Crippen LogP contribution in [0.4, 0.5) is 0 Å². The van der Waals surface area contributed by atoms with Crippen LogP contribution in [0.3, 0.4) is 0 Å². The molecule has 0 aromatic heterocycles. The molecule has 172 valence electrons. The second-order valence-electron chi connectivity index (χ2n) is 10.4. The van der Waals surface area contributed by atoms with Gasteiger partial charge in [-0.1, -0.05) is 48.8 Å². The van der Waals surface area contributed by atoms with Crippen molar-refractivity contribution in [3.8, 4) is 5.75 Å². The molecule has 1 spiro atoms. The van der Waals surface area contributed by atoms with Crippen LogP contribution in [-0.2, 0) is 28.0 Å². The quantitative estimate of drug-likeness (QED) is 0.472. The highest BCUT2D eigenvalue weighted by molar-refractivity contribution is 9.10. The maximum absolute atomic E-state index is 11.8. The summed E-state index contributed by atoms with van der Waals surface area (Å²) in [6, 6.07) is 12.5. The van der Waals surface area contributed by atoms with E-state index >= 15 is 0 Å². The van der Waals surface area contributed by atoms with E-state index in [4.69, 9.17) is 9.47 Å². The van der Waals surface area contributed by atoms with Crippen LogP contribution >= 0.6 is 15.9 Å². The van der Waals surface area contributed by atoms with Gasteiger partial charge >= 0.3 is 5.97 Å². The molecule has 2 aliphatic carbocycles. The van der Waals surface area contributed by atoms with Gasteiger partial charge in [0, 0.05) is 17.0 Å². The minimum Gasteiger partial charge on any atom is -0.489 e. The fourth-order valence-electron chi connectivity index (χ4n) is 5.67. The molecule has 1 N–H and O–H groups in total. The maximum atomic E-state index is 11.8. The molecule has 1 saturated carbocycles. The Hall–Kier alpha value is -1.85. The summed E-state index contributed by atoms with van der Waals surface area (Å²) < 4.78 is 13.1. The van der Waals surface area contributed by atoms with Crippen molar-refractivity contribution < 1.29 is 19.4 Å². The second-order valence-corrected chi connectivity index (χ2v) is 11.2. The molecule has 0 radical (unpaired) electrons. The molecule has 5 heteroatoms. The number of hydrogen-bond donors (Lipinski definition) is 1. The summed E-state index contributed by atoms with van der Waals surface area (Å²) in [6.45, 7) is 6.97. The molecule has 32 heavy (non-hydrogen) atoms. The van der Waals surface area contributed by atoms with Gasteiger partial charge in [-0.05, 0) is 84.0 Å². The van der Waals surface area contributed by atoms with E-state index in [0.29, 0.717) is 6.61 Å². The van der Waals surface area contributed by atoms with E-state index in [1.165, 1.54) is 11.1 Å². The van der Waals surface area contributed by atoms with E-state index in [0.717, 1.165) is 53.5 Å². The third kappa shape index (κ3) is 4.22. The first kappa shape index (κ1) is 23.3. The highest BCUT2D eigenvalue weighted by atomic mass is 79.9. The highest BCUT2D eigenvalue weighted by Gasteiger charge is 2.53. The predicted octanol–water partition coefficient (Wildman–Crippen LogP) is 6.83. The Morgan fingerprint density at radius 3 is 2.62 bits per heavy atom. The first-order valence-electron chi connectivity index (χ1n) is 11.5. The average molecular weight is 501 g/mol. The number of methoxy groups -OCH3 is 1. The standard InChI is InChI=1S/C27H33BrO4/c1-26(2,3)24(31-4)20-14-17(7-10-23(20)28)16-32-19-9-8-18-6-5-12-27(22(18)15-19)13-11-21(27)25(29)30/h7-10,14-15,21,24H,5-6,11-13,16H2,1-4H3,(H,29,30)/t21-,24-,27+/m1/s1. The van der Waals surface area contributed by atoms with Crippen molar-refractivity contribution >= 4 is 21.9 Å². The number of fused-ring (bicyclic) bond motifs is 2. The van der Waals surface area contributed by atoms with Crippen LogP contribution in [0.15, 0.2) is 40.9 Å². The maximum Gasteiger partial charge on any atom is 0.307 e. The number of aliphatic carboxylic acids is 1. The Balaban J connectivity index is 1.56. The number of hydrogen-bond acceptors (Lipinski definition) is 3. The summed E-state index contributed by atoms with van der Waals surface area (Å²) in [5.74, 6) is -0.122. The first-order chi connectivity index (χ1) is 15.2. The zero-order chi connectivity index (χ0) is 23.1. The third-order valence-corrected chi connectivity index (χ3v) is 8.02. The monoisotopic (exact) mass is 500 g/mol. The van der Waals surface area contributed by atoms with Gasteiger partial charge in [0.1, 0.15) is 12.4 Å². The molecule has 2 aromatic carbocycles. The van der Waals surface area contributed by atoms with E-state index in [1.807, 2.05) is 6.07 Å². The zero-order valence-electron chi connectivity index (χ0n) is 19.4. The molecule has 2 aromatic rings. The smallest absolute Gasteiger partial charge is 0.307 e. The van der Waals surface area contributed by atoms with Gasteiger partial charge in [-0.25, -0.2) is 0 Å². The Morgan fingerprint density at radius 1 is 1.22 bits per heavy atom. The molecule has 0 amide bonds. The van der Waals surface area contributed by atoms with Crippen LogP contribution in [0.2, 0.25) is 0 Å². The molecular formula is C27H33BrO4. The number of benzene rings is 2. The minimum absolute atomic E-state index is 0.0347. The van der Waals surface area contributed by atoms with Crippen LogP contribution in [0.5, 0.6) is 5.75 Å². The lowest BCUT2D eigenvalue weighted by molar-refractivity contribution is -0.150. The Kier molecular flexibility index (Phi) is 6.43. The van der Waals surface area contributed by atoms with Crippen LogP contribution in [0.1, 0.15) is 74.8 Å². The van der Waals surface area contributed by atoms with Gasteiger partial charge in [0.15, 0.2) is 0 Å². The van der Waals surface area contributed by atoms with Gasteiger partial charge in [0.2, 0.25) is 0 Å². The van der Waals surface area contributed by atoms with Gasteiger partial charge in [-0.3, -0.25) is 4.79 Å². The van der Waals surface area contributed by atoms with Crippen molar-refractivity contribution in [3.63, 3.8) is 0 Å². The summed E-state index contributed by atoms with van der Waals surface area (Å²) >= 11 is 3.68. The van der Waals surface area contributed by atoms with E-state index in [-0.39, 0.29) is 22.9 Å². The van der Waals surface area contributed by atoms with Crippen molar-refractivity contribution in [2.45, 2.75) is 71.0 Å². The summed E-state index contributed by atoms with van der Waals surface area (Å²) in [5.41, 5.74) is 4.44. The SMILES string of the molecule is CO[C@H](c1cc(COc2ccc3c(c2)[C@@]2(CCC3)CC[C@@H]2C(=O)O)ccc1Br)C(C)(C)C. The second kappa shape index (κ2) is 8.83. The molecular weight excluding hydrogens is 468 g/mol. The molecule has 4 rings (SSSR count). The van der Waals surface area contributed by atoms with Crippen molar-refractivity contribution in [3.05, 3.63) is 63.1 Å². The van der Waals surface area contributed by atoms with Gasteiger partial charge in [-0.15, -0.1) is 0 Å². The number of carboxylic acid groups (broad SMARTS) is 1. The topological polar surface area (TPSA) is 55.8 Å². The number of ether oxygens (including phenoxy) is 2. The van der Waals surface area contributed by atoms with Crippen molar-refractivity contribution in [1.29, 1.82) is 0 Å². The molecule has 0 saturated heterocycles. The number of aryl methyl sites for hydroxylation is 1. The molecule has 0 aliphatic heterocycles. The van der Waals surface area contributed by atoms with E-state index < -0.39 is 5.97 Å². The normalized spacial score (nSPS) is 23.3. The fourth-order valence-corrected chi connectivity index (χ4v) is 6.13. The summed E-state index contributed by atoms with van der Waals surface area (Å²) in [4.78, 5) is 11.8. The summed E-state index contributed by atoms with van der Waals surface area (Å²) in [6.07, 6.45) is 4.74. The van der Waals surface area contributed by atoms with Crippen LogP contribution in [-0.4, -0.2) is 18.2 Å². The minimum atomic E-state index is -0.663. The van der Waals surface area contributed by atoms with Crippen molar-refractivity contribution in [2.24, 2.45) is 11.3 Å². The Morgan fingerprint density at radius 2 is 2.00 bits per heavy atom. The van der Waals surface area contributed by atoms with E-state index in [1.54, 1.807) is 7.11 Å². The molecule has 2 aliphatic rings.